The fourth-order valence-corrected chi connectivity index (χ4v) is 4.55. The van der Waals surface area contributed by atoms with Gasteiger partial charge in [0.2, 0.25) is 0 Å². The highest BCUT2D eigenvalue weighted by atomic mass is 32.1. The highest BCUT2D eigenvalue weighted by molar-refractivity contribution is 7.14. The van der Waals surface area contributed by atoms with Crippen LogP contribution < -0.4 is 5.32 Å². The summed E-state index contributed by atoms with van der Waals surface area (Å²) in [4.78, 5) is 23.0. The molecule has 6 nitrogen and oxygen atoms in total. The number of morpholine rings is 1. The Morgan fingerprint density at radius 2 is 2.07 bits per heavy atom. The number of ether oxygens (including phenoxy) is 1. The monoisotopic (exact) mass is 398 g/mol. The summed E-state index contributed by atoms with van der Waals surface area (Å²) in [6.07, 6.45) is 0.467. The first-order valence-corrected chi connectivity index (χ1v) is 10.5. The van der Waals surface area contributed by atoms with Crippen molar-refractivity contribution >= 4 is 33.3 Å². The van der Waals surface area contributed by atoms with E-state index in [-0.39, 0.29) is 18.1 Å². The molecule has 4 rings (SSSR count). The molecule has 0 spiro atoms. The summed E-state index contributed by atoms with van der Waals surface area (Å²) in [5, 5.41) is 6.68. The third-order valence-corrected chi connectivity index (χ3v) is 6.03. The lowest BCUT2D eigenvalue weighted by molar-refractivity contribution is -0.0707. The van der Waals surface area contributed by atoms with Gasteiger partial charge in [0.1, 0.15) is 0 Å². The molecule has 2 unspecified atom stereocenters. The molecule has 148 valence electrons. The third-order valence-electron chi connectivity index (χ3n) is 5.22. The van der Waals surface area contributed by atoms with E-state index >= 15 is 0 Å². The second-order valence-electron chi connectivity index (χ2n) is 7.68. The zero-order valence-electron chi connectivity index (χ0n) is 16.7. The zero-order valence-corrected chi connectivity index (χ0v) is 17.5. The standard InChI is InChI=1S/C21H26N4O2S/c1-12-8-25(9-13(2)27-12)10-17-11-28-21(23-17)24-20(26)16-5-6-19-18(7-16)14(3)15(4)22-19/h5-7,11-13,22H,8-10H2,1-4H3,(H,23,24,26). The average molecular weight is 399 g/mol. The Labute approximate surface area is 168 Å². The molecule has 1 aromatic carbocycles. The number of thiazole rings is 1. The molecule has 3 heterocycles. The van der Waals surface area contributed by atoms with Crippen molar-refractivity contribution in [2.24, 2.45) is 0 Å². The maximum absolute atomic E-state index is 12.7. The van der Waals surface area contributed by atoms with Gasteiger partial charge in [0.05, 0.1) is 17.9 Å². The first-order valence-electron chi connectivity index (χ1n) is 9.61. The molecule has 1 saturated heterocycles. The first-order chi connectivity index (χ1) is 13.4. The minimum atomic E-state index is -0.130. The number of aromatic nitrogens is 2. The maximum Gasteiger partial charge on any atom is 0.257 e. The van der Waals surface area contributed by atoms with E-state index in [1.165, 1.54) is 16.9 Å². The van der Waals surface area contributed by atoms with Crippen LogP contribution in [0.3, 0.4) is 0 Å². The summed E-state index contributed by atoms with van der Waals surface area (Å²) in [5.41, 5.74) is 4.98. The van der Waals surface area contributed by atoms with Crippen LogP contribution in [0.15, 0.2) is 23.6 Å². The number of hydrogen-bond donors (Lipinski definition) is 2. The van der Waals surface area contributed by atoms with Gasteiger partial charge in [-0.05, 0) is 51.5 Å². The Balaban J connectivity index is 1.43. The van der Waals surface area contributed by atoms with Crippen LogP contribution in [-0.4, -0.2) is 46.1 Å². The Kier molecular flexibility index (Phi) is 5.23. The average Bonchev–Trinajstić information content (AvgIpc) is 3.18. The summed E-state index contributed by atoms with van der Waals surface area (Å²) in [5.74, 6) is -0.130. The van der Waals surface area contributed by atoms with Gasteiger partial charge in [0.15, 0.2) is 5.13 Å². The molecule has 28 heavy (non-hydrogen) atoms. The van der Waals surface area contributed by atoms with E-state index in [0.29, 0.717) is 10.7 Å². The lowest BCUT2D eigenvalue weighted by Crippen LogP contribution is -2.44. The van der Waals surface area contributed by atoms with E-state index in [9.17, 15) is 4.79 Å². The molecule has 2 aromatic heterocycles. The summed E-state index contributed by atoms with van der Waals surface area (Å²) in [6.45, 7) is 10.9. The van der Waals surface area contributed by atoms with E-state index in [1.807, 2.05) is 30.5 Å². The number of fused-ring (bicyclic) bond motifs is 1. The number of rotatable bonds is 4. The van der Waals surface area contributed by atoms with Crippen LogP contribution in [0.5, 0.6) is 0 Å². The van der Waals surface area contributed by atoms with E-state index < -0.39 is 0 Å². The number of aromatic amines is 1. The number of anilines is 1. The van der Waals surface area contributed by atoms with E-state index in [0.717, 1.165) is 41.9 Å². The van der Waals surface area contributed by atoms with Crippen LogP contribution in [0, 0.1) is 13.8 Å². The largest absolute Gasteiger partial charge is 0.373 e. The number of carbonyl (C=O) groups is 1. The Hall–Kier alpha value is -2.22. The highest BCUT2D eigenvalue weighted by Gasteiger charge is 2.23. The summed E-state index contributed by atoms with van der Waals surface area (Å²) < 4.78 is 5.78. The van der Waals surface area contributed by atoms with Gasteiger partial charge in [-0.2, -0.15) is 0 Å². The summed E-state index contributed by atoms with van der Waals surface area (Å²) >= 11 is 1.47. The molecular weight excluding hydrogens is 372 g/mol. The quantitative estimate of drug-likeness (QED) is 0.694. The lowest BCUT2D eigenvalue weighted by Gasteiger charge is -2.34. The lowest BCUT2D eigenvalue weighted by atomic mass is 10.1. The van der Waals surface area contributed by atoms with Crippen LogP contribution >= 0.6 is 11.3 Å². The number of amides is 1. The molecular formula is C21H26N4O2S. The number of H-pyrrole nitrogens is 1. The Morgan fingerprint density at radius 3 is 2.82 bits per heavy atom. The molecule has 0 bridgehead atoms. The second kappa shape index (κ2) is 7.66. The smallest absolute Gasteiger partial charge is 0.257 e. The van der Waals surface area contributed by atoms with Crippen LogP contribution in [0.2, 0.25) is 0 Å². The highest BCUT2D eigenvalue weighted by Crippen LogP contribution is 2.24. The van der Waals surface area contributed by atoms with Crippen molar-refractivity contribution in [3.63, 3.8) is 0 Å². The predicted molar refractivity (Wildman–Crippen MR) is 113 cm³/mol. The summed E-state index contributed by atoms with van der Waals surface area (Å²) in [7, 11) is 0. The number of nitrogens with zero attached hydrogens (tertiary/aromatic N) is 2. The van der Waals surface area contributed by atoms with Crippen LogP contribution in [-0.2, 0) is 11.3 Å². The molecule has 1 fully saturated rings. The van der Waals surface area contributed by atoms with Crippen molar-refractivity contribution in [2.75, 3.05) is 18.4 Å². The van der Waals surface area contributed by atoms with Gasteiger partial charge >= 0.3 is 0 Å². The zero-order chi connectivity index (χ0) is 19.8. The minimum absolute atomic E-state index is 0.130. The maximum atomic E-state index is 12.7. The summed E-state index contributed by atoms with van der Waals surface area (Å²) in [6, 6.07) is 5.74. The van der Waals surface area contributed by atoms with Crippen LogP contribution in [0.1, 0.15) is 41.2 Å². The Bertz CT molecular complexity index is 999. The fourth-order valence-electron chi connectivity index (χ4n) is 3.85. The van der Waals surface area contributed by atoms with E-state index in [1.54, 1.807) is 0 Å². The van der Waals surface area contributed by atoms with Crippen molar-refractivity contribution < 1.29 is 9.53 Å². The number of aryl methyl sites for hydroxylation is 2. The van der Waals surface area contributed by atoms with Gasteiger partial charge in [-0.25, -0.2) is 4.98 Å². The number of nitrogens with one attached hydrogen (secondary N) is 2. The molecule has 7 heteroatoms. The fraction of sp³-hybridized carbons (Fsp3) is 0.429. The van der Waals surface area contributed by atoms with Gasteiger partial charge in [-0.15, -0.1) is 11.3 Å². The Morgan fingerprint density at radius 1 is 1.32 bits per heavy atom. The minimum Gasteiger partial charge on any atom is -0.373 e. The number of benzene rings is 1. The molecule has 2 atom stereocenters. The van der Waals surface area contributed by atoms with Crippen molar-refractivity contribution in [1.82, 2.24) is 14.9 Å². The molecule has 3 aromatic rings. The first kappa shape index (κ1) is 19.1. The van der Waals surface area contributed by atoms with Crippen molar-refractivity contribution in [2.45, 2.75) is 46.4 Å². The van der Waals surface area contributed by atoms with E-state index in [2.05, 4.69) is 41.0 Å². The second-order valence-corrected chi connectivity index (χ2v) is 8.54. The molecule has 1 aliphatic rings. The SMILES string of the molecule is Cc1[nH]c2ccc(C(=O)Nc3nc(CN4CC(C)OC(C)C4)cs3)cc2c1C. The van der Waals surface area contributed by atoms with Crippen LogP contribution in [0.4, 0.5) is 5.13 Å². The van der Waals surface area contributed by atoms with Crippen molar-refractivity contribution in [3.05, 3.63) is 46.1 Å². The normalized spacial score (nSPS) is 20.6. The van der Waals surface area contributed by atoms with Crippen molar-refractivity contribution in [1.29, 1.82) is 0 Å². The number of hydrogen-bond acceptors (Lipinski definition) is 5. The molecule has 0 radical (unpaired) electrons. The van der Waals surface area contributed by atoms with Gasteiger partial charge in [0, 0.05) is 47.2 Å². The third kappa shape index (κ3) is 3.97. The van der Waals surface area contributed by atoms with Gasteiger partial charge in [-0.3, -0.25) is 15.0 Å². The van der Waals surface area contributed by atoms with Crippen LogP contribution in [0.25, 0.3) is 10.9 Å². The van der Waals surface area contributed by atoms with E-state index in [4.69, 9.17) is 4.74 Å². The predicted octanol–water partition coefficient (Wildman–Crippen LogP) is 4.10. The van der Waals surface area contributed by atoms with Gasteiger partial charge in [-0.1, -0.05) is 0 Å². The topological polar surface area (TPSA) is 70.2 Å². The van der Waals surface area contributed by atoms with Gasteiger partial charge < -0.3 is 9.72 Å². The van der Waals surface area contributed by atoms with Crippen molar-refractivity contribution in [3.8, 4) is 0 Å². The molecule has 2 N–H and O–H groups in total. The molecule has 1 aliphatic heterocycles. The number of carbonyl (C=O) groups excluding carboxylic acids is 1. The van der Waals surface area contributed by atoms with Gasteiger partial charge in [0.25, 0.3) is 5.91 Å². The molecule has 1 amide bonds. The molecule has 0 saturated carbocycles. The molecule has 0 aliphatic carbocycles.